The summed E-state index contributed by atoms with van der Waals surface area (Å²) in [5, 5.41) is 6.83. The summed E-state index contributed by atoms with van der Waals surface area (Å²) in [6, 6.07) is 8.12. The van der Waals surface area contributed by atoms with Crippen LogP contribution in [0.25, 0.3) is 23.0 Å². The Kier molecular flexibility index (Phi) is 5.54. The highest BCUT2D eigenvalue weighted by atomic mass is 19.1. The third-order valence-electron chi connectivity index (χ3n) is 4.22. The molecule has 142 valence electrons. The van der Waals surface area contributed by atoms with Crippen LogP contribution in [0.4, 0.5) is 4.39 Å². The molecule has 0 aliphatic heterocycles. The lowest BCUT2D eigenvalue weighted by atomic mass is 10.2. The summed E-state index contributed by atoms with van der Waals surface area (Å²) in [7, 11) is 1.40. The van der Waals surface area contributed by atoms with E-state index in [2.05, 4.69) is 15.5 Å². The zero-order chi connectivity index (χ0) is 19.4. The van der Waals surface area contributed by atoms with Crippen LogP contribution in [0.5, 0.6) is 5.75 Å². The predicted molar refractivity (Wildman–Crippen MR) is 97.6 cm³/mol. The van der Waals surface area contributed by atoms with Crippen molar-refractivity contribution in [2.24, 2.45) is 0 Å². The molecule has 3 aromatic rings. The second kappa shape index (κ2) is 8.03. The summed E-state index contributed by atoms with van der Waals surface area (Å²) >= 11 is 0. The fourth-order valence-electron chi connectivity index (χ4n) is 2.57. The molecular weight excluding hydrogens is 351 g/mol. The van der Waals surface area contributed by atoms with E-state index in [0.29, 0.717) is 11.3 Å². The molecule has 2 heterocycles. The first kappa shape index (κ1) is 18.6. The molecule has 0 saturated heterocycles. The largest absolute Gasteiger partial charge is 0.494 e. The number of aromatic nitrogens is 3. The second-order valence-electron chi connectivity index (χ2n) is 6.17. The van der Waals surface area contributed by atoms with Crippen molar-refractivity contribution in [2.75, 3.05) is 7.11 Å². The number of benzene rings is 1. The first-order valence-electron chi connectivity index (χ1n) is 8.64. The lowest BCUT2D eigenvalue weighted by Crippen LogP contribution is -2.34. The third kappa shape index (κ3) is 4.16. The molecular formula is C19H21FN4O3. The zero-order valence-electron chi connectivity index (χ0n) is 15.4. The van der Waals surface area contributed by atoms with E-state index in [9.17, 15) is 9.18 Å². The minimum atomic E-state index is -0.508. The van der Waals surface area contributed by atoms with Gasteiger partial charge < -0.3 is 19.1 Å². The highest BCUT2D eigenvalue weighted by Crippen LogP contribution is 2.26. The lowest BCUT2D eigenvalue weighted by molar-refractivity contribution is -0.122. The molecule has 1 amide bonds. The first-order valence-corrected chi connectivity index (χ1v) is 8.64. The van der Waals surface area contributed by atoms with E-state index in [4.69, 9.17) is 9.26 Å². The van der Waals surface area contributed by atoms with Crippen LogP contribution < -0.4 is 10.1 Å². The number of rotatable bonds is 7. The quantitative estimate of drug-likeness (QED) is 0.688. The number of halogens is 1. The molecule has 8 heteroatoms. The topological polar surface area (TPSA) is 82.2 Å². The normalized spacial score (nSPS) is 12.0. The number of ether oxygens (including phenoxy) is 1. The van der Waals surface area contributed by atoms with Gasteiger partial charge in [0.15, 0.2) is 11.6 Å². The van der Waals surface area contributed by atoms with E-state index in [0.717, 1.165) is 6.42 Å². The first-order chi connectivity index (χ1) is 13.0. The molecule has 0 saturated carbocycles. The molecule has 27 heavy (non-hydrogen) atoms. The number of nitrogens with zero attached hydrogens (tertiary/aromatic N) is 3. The van der Waals surface area contributed by atoms with Gasteiger partial charge in [-0.2, -0.15) is 4.98 Å². The van der Waals surface area contributed by atoms with Gasteiger partial charge in [-0.05, 0) is 43.7 Å². The molecule has 0 aliphatic rings. The van der Waals surface area contributed by atoms with Gasteiger partial charge in [-0.15, -0.1) is 0 Å². The Morgan fingerprint density at radius 1 is 1.41 bits per heavy atom. The summed E-state index contributed by atoms with van der Waals surface area (Å²) < 4.78 is 25.8. The predicted octanol–water partition coefficient (Wildman–Crippen LogP) is 3.27. The molecule has 0 radical (unpaired) electrons. The maximum Gasteiger partial charge on any atom is 0.274 e. The molecule has 0 spiro atoms. The smallest absolute Gasteiger partial charge is 0.274 e. The van der Waals surface area contributed by atoms with Crippen LogP contribution in [0.3, 0.4) is 0 Å². The average molecular weight is 372 g/mol. The number of hydrogen-bond acceptors (Lipinski definition) is 5. The van der Waals surface area contributed by atoms with Crippen molar-refractivity contribution < 1.29 is 18.4 Å². The van der Waals surface area contributed by atoms with E-state index in [1.807, 2.05) is 13.8 Å². The van der Waals surface area contributed by atoms with Gasteiger partial charge in [0.1, 0.15) is 12.2 Å². The number of nitrogens with one attached hydrogen (secondary N) is 1. The number of hydrogen-bond donors (Lipinski definition) is 1. The molecule has 0 unspecified atom stereocenters. The van der Waals surface area contributed by atoms with Gasteiger partial charge in [0.05, 0.1) is 7.11 Å². The summed E-state index contributed by atoms with van der Waals surface area (Å²) in [6.07, 6.45) is 2.62. The Morgan fingerprint density at radius 2 is 2.22 bits per heavy atom. The van der Waals surface area contributed by atoms with Crippen molar-refractivity contribution in [1.29, 1.82) is 0 Å². The Morgan fingerprint density at radius 3 is 2.93 bits per heavy atom. The van der Waals surface area contributed by atoms with Crippen molar-refractivity contribution >= 4 is 5.91 Å². The fraction of sp³-hybridized carbons (Fsp3) is 0.316. The monoisotopic (exact) mass is 372 g/mol. The van der Waals surface area contributed by atoms with Crippen molar-refractivity contribution in [2.45, 2.75) is 32.9 Å². The number of carbonyl (C=O) groups excluding carboxylic acids is 1. The van der Waals surface area contributed by atoms with Crippen LogP contribution in [0.2, 0.25) is 0 Å². The molecule has 0 aliphatic carbocycles. The van der Waals surface area contributed by atoms with E-state index in [1.165, 1.54) is 19.2 Å². The standard InChI is InChI=1S/C19H21FN4O3/c1-4-12(2)21-17(25)11-24-9-5-6-15(24)19-22-18(23-27-19)13-7-8-16(26-3)14(20)10-13/h5-10,12H,4,11H2,1-3H3,(H,21,25)/t12-/m1/s1. The molecule has 1 atom stereocenters. The maximum atomic E-state index is 13.9. The van der Waals surface area contributed by atoms with Gasteiger partial charge in [0, 0.05) is 17.8 Å². The van der Waals surface area contributed by atoms with Gasteiger partial charge in [-0.25, -0.2) is 4.39 Å². The average Bonchev–Trinajstić information content (AvgIpc) is 3.30. The lowest BCUT2D eigenvalue weighted by Gasteiger charge is -2.12. The van der Waals surface area contributed by atoms with E-state index < -0.39 is 5.82 Å². The van der Waals surface area contributed by atoms with Crippen molar-refractivity contribution in [1.82, 2.24) is 20.0 Å². The third-order valence-corrected chi connectivity index (χ3v) is 4.22. The Balaban J connectivity index is 1.80. The Bertz CT molecular complexity index is 935. The number of methoxy groups -OCH3 is 1. The molecule has 1 N–H and O–H groups in total. The van der Waals surface area contributed by atoms with Crippen LogP contribution in [-0.4, -0.2) is 33.8 Å². The maximum absolute atomic E-state index is 13.9. The molecule has 0 fully saturated rings. The van der Waals surface area contributed by atoms with Gasteiger partial charge >= 0.3 is 0 Å². The van der Waals surface area contributed by atoms with Gasteiger partial charge in [-0.3, -0.25) is 4.79 Å². The van der Waals surface area contributed by atoms with E-state index in [-0.39, 0.29) is 36.0 Å². The Hall–Kier alpha value is -3.16. The summed E-state index contributed by atoms with van der Waals surface area (Å²) in [6.45, 7) is 4.10. The van der Waals surface area contributed by atoms with Crippen LogP contribution in [0, 0.1) is 5.82 Å². The van der Waals surface area contributed by atoms with Gasteiger partial charge in [0.2, 0.25) is 11.7 Å². The highest BCUT2D eigenvalue weighted by molar-refractivity contribution is 5.76. The molecule has 2 aromatic heterocycles. The summed E-state index contributed by atoms with van der Waals surface area (Å²) in [5.41, 5.74) is 1.08. The van der Waals surface area contributed by atoms with Crippen LogP contribution in [0.1, 0.15) is 20.3 Å². The van der Waals surface area contributed by atoms with Gasteiger partial charge in [0.25, 0.3) is 5.89 Å². The molecule has 7 nitrogen and oxygen atoms in total. The number of amides is 1. The number of carbonyl (C=O) groups is 1. The van der Waals surface area contributed by atoms with Crippen LogP contribution in [0.15, 0.2) is 41.1 Å². The van der Waals surface area contributed by atoms with E-state index >= 15 is 0 Å². The zero-order valence-corrected chi connectivity index (χ0v) is 15.4. The van der Waals surface area contributed by atoms with Crippen molar-refractivity contribution in [3.05, 3.63) is 42.3 Å². The minimum Gasteiger partial charge on any atom is -0.494 e. The van der Waals surface area contributed by atoms with E-state index in [1.54, 1.807) is 29.0 Å². The van der Waals surface area contributed by atoms with Crippen molar-refractivity contribution in [3.63, 3.8) is 0 Å². The molecule has 3 rings (SSSR count). The van der Waals surface area contributed by atoms with Crippen molar-refractivity contribution in [3.8, 4) is 28.7 Å². The highest BCUT2D eigenvalue weighted by Gasteiger charge is 2.17. The summed E-state index contributed by atoms with van der Waals surface area (Å²) in [4.78, 5) is 16.5. The summed E-state index contributed by atoms with van der Waals surface area (Å²) in [5.74, 6) is 0.0415. The Labute approximate surface area is 156 Å². The SMILES string of the molecule is CC[C@@H](C)NC(=O)Cn1cccc1-c1nc(-c2ccc(OC)c(F)c2)no1. The fourth-order valence-corrected chi connectivity index (χ4v) is 2.57. The second-order valence-corrected chi connectivity index (χ2v) is 6.17. The van der Waals surface area contributed by atoms with Gasteiger partial charge in [-0.1, -0.05) is 12.1 Å². The molecule has 0 bridgehead atoms. The molecule has 1 aromatic carbocycles. The minimum absolute atomic E-state index is 0.0984. The van der Waals surface area contributed by atoms with Crippen LogP contribution in [-0.2, 0) is 11.3 Å². The van der Waals surface area contributed by atoms with Crippen LogP contribution >= 0.6 is 0 Å².